The monoisotopic (exact) mass is 269 g/mol. The zero-order chi connectivity index (χ0) is 14.3. The smallest absolute Gasteiger partial charge is 0.00670 e. The predicted octanol–water partition coefficient (Wildman–Crippen LogP) is 5.93. The van der Waals surface area contributed by atoms with Crippen molar-refractivity contribution >= 4 is 0 Å². The summed E-state index contributed by atoms with van der Waals surface area (Å²) in [5, 5.41) is 3.66. The highest BCUT2D eigenvalue weighted by Crippen LogP contribution is 2.14. The summed E-state index contributed by atoms with van der Waals surface area (Å²) in [7, 11) is 0. The minimum atomic E-state index is 0.771. The van der Waals surface area contributed by atoms with Crippen molar-refractivity contribution in [3.63, 3.8) is 0 Å². The van der Waals surface area contributed by atoms with Crippen molar-refractivity contribution in [2.24, 2.45) is 5.92 Å². The van der Waals surface area contributed by atoms with Crippen molar-refractivity contribution in [2.75, 3.05) is 6.54 Å². The van der Waals surface area contributed by atoms with Gasteiger partial charge in [0.1, 0.15) is 0 Å². The SMILES string of the molecule is CCCCCCCCCCC(CCC(C)C)NCC. The van der Waals surface area contributed by atoms with Crippen molar-refractivity contribution < 1.29 is 0 Å². The highest BCUT2D eigenvalue weighted by atomic mass is 14.9. The molecule has 1 unspecified atom stereocenters. The lowest BCUT2D eigenvalue weighted by atomic mass is 9.98. The molecule has 0 rings (SSSR count). The fraction of sp³-hybridized carbons (Fsp3) is 1.00. The zero-order valence-electron chi connectivity index (χ0n) is 14.1. The average molecular weight is 270 g/mol. The maximum Gasteiger partial charge on any atom is 0.00670 e. The van der Waals surface area contributed by atoms with Gasteiger partial charge in [-0.25, -0.2) is 0 Å². The Morgan fingerprint density at radius 2 is 1.26 bits per heavy atom. The normalized spacial score (nSPS) is 13.1. The van der Waals surface area contributed by atoms with Gasteiger partial charge in [0.15, 0.2) is 0 Å². The molecule has 1 N–H and O–H groups in total. The highest BCUT2D eigenvalue weighted by molar-refractivity contribution is 4.67. The van der Waals surface area contributed by atoms with Crippen molar-refractivity contribution in [1.29, 1.82) is 0 Å². The van der Waals surface area contributed by atoms with Gasteiger partial charge in [-0.1, -0.05) is 79.1 Å². The first-order chi connectivity index (χ1) is 9.20. The fourth-order valence-corrected chi connectivity index (χ4v) is 2.70. The van der Waals surface area contributed by atoms with E-state index in [1.165, 1.54) is 70.6 Å². The topological polar surface area (TPSA) is 12.0 Å². The lowest BCUT2D eigenvalue weighted by molar-refractivity contribution is 0.402. The summed E-state index contributed by atoms with van der Waals surface area (Å²) in [6.45, 7) is 10.3. The maximum absolute atomic E-state index is 3.66. The van der Waals surface area contributed by atoms with Crippen molar-refractivity contribution in [2.45, 2.75) is 104 Å². The van der Waals surface area contributed by atoms with Gasteiger partial charge < -0.3 is 5.32 Å². The van der Waals surface area contributed by atoms with E-state index in [2.05, 4.69) is 33.0 Å². The Balaban J connectivity index is 3.42. The van der Waals surface area contributed by atoms with Crippen LogP contribution in [0.3, 0.4) is 0 Å². The molecule has 0 aliphatic carbocycles. The van der Waals surface area contributed by atoms with Gasteiger partial charge >= 0.3 is 0 Å². The van der Waals surface area contributed by atoms with Crippen LogP contribution in [-0.4, -0.2) is 12.6 Å². The molecule has 0 aromatic rings. The first kappa shape index (κ1) is 19.0. The van der Waals surface area contributed by atoms with Crippen LogP contribution in [-0.2, 0) is 0 Å². The molecule has 0 bridgehead atoms. The number of nitrogens with one attached hydrogen (secondary N) is 1. The minimum absolute atomic E-state index is 0.771. The van der Waals surface area contributed by atoms with E-state index in [9.17, 15) is 0 Å². The molecule has 0 fully saturated rings. The van der Waals surface area contributed by atoms with Gasteiger partial charge in [0.05, 0.1) is 0 Å². The van der Waals surface area contributed by atoms with Crippen LogP contribution < -0.4 is 5.32 Å². The Kier molecular flexibility index (Phi) is 14.3. The number of unbranched alkanes of at least 4 members (excludes halogenated alkanes) is 7. The molecule has 0 heterocycles. The fourth-order valence-electron chi connectivity index (χ4n) is 2.70. The molecule has 0 amide bonds. The Hall–Kier alpha value is -0.0400. The van der Waals surface area contributed by atoms with E-state index >= 15 is 0 Å². The van der Waals surface area contributed by atoms with Gasteiger partial charge in [-0.3, -0.25) is 0 Å². The van der Waals surface area contributed by atoms with Gasteiger partial charge in [-0.2, -0.15) is 0 Å². The van der Waals surface area contributed by atoms with Crippen molar-refractivity contribution in [3.8, 4) is 0 Å². The summed E-state index contributed by atoms with van der Waals surface area (Å²) >= 11 is 0. The molecule has 0 aliphatic heterocycles. The number of rotatable bonds is 14. The molecule has 0 aromatic heterocycles. The van der Waals surface area contributed by atoms with Gasteiger partial charge in [-0.05, 0) is 31.7 Å². The first-order valence-corrected chi connectivity index (χ1v) is 8.94. The third kappa shape index (κ3) is 14.2. The minimum Gasteiger partial charge on any atom is -0.314 e. The molecule has 0 radical (unpaired) electrons. The van der Waals surface area contributed by atoms with Gasteiger partial charge in [0.25, 0.3) is 0 Å². The van der Waals surface area contributed by atoms with Gasteiger partial charge in [-0.15, -0.1) is 0 Å². The molecule has 0 spiro atoms. The predicted molar refractivity (Wildman–Crippen MR) is 88.8 cm³/mol. The van der Waals surface area contributed by atoms with Gasteiger partial charge in [0, 0.05) is 6.04 Å². The van der Waals surface area contributed by atoms with Crippen LogP contribution >= 0.6 is 0 Å². The summed E-state index contributed by atoms with van der Waals surface area (Å²) < 4.78 is 0. The molecule has 19 heavy (non-hydrogen) atoms. The van der Waals surface area contributed by atoms with E-state index in [-0.39, 0.29) is 0 Å². The molecular weight excluding hydrogens is 230 g/mol. The van der Waals surface area contributed by atoms with Crippen LogP contribution in [0.4, 0.5) is 0 Å². The second-order valence-corrected chi connectivity index (χ2v) is 6.49. The molecule has 0 saturated heterocycles. The van der Waals surface area contributed by atoms with Crippen molar-refractivity contribution in [3.05, 3.63) is 0 Å². The van der Waals surface area contributed by atoms with Crippen LogP contribution in [0, 0.1) is 5.92 Å². The molecule has 1 nitrogen and oxygen atoms in total. The molecule has 1 heteroatoms. The third-order valence-corrected chi connectivity index (χ3v) is 3.99. The molecular formula is C18H39N. The first-order valence-electron chi connectivity index (χ1n) is 8.94. The molecule has 116 valence electrons. The second-order valence-electron chi connectivity index (χ2n) is 6.49. The summed E-state index contributed by atoms with van der Waals surface area (Å²) in [6.07, 6.45) is 15.6. The lowest BCUT2D eigenvalue weighted by Crippen LogP contribution is -2.29. The summed E-state index contributed by atoms with van der Waals surface area (Å²) in [6, 6.07) is 0.771. The van der Waals surface area contributed by atoms with Gasteiger partial charge in [0.2, 0.25) is 0 Å². The van der Waals surface area contributed by atoms with Crippen LogP contribution in [0.5, 0.6) is 0 Å². The van der Waals surface area contributed by atoms with Crippen LogP contribution in [0.1, 0.15) is 98.3 Å². The average Bonchev–Trinajstić information content (AvgIpc) is 2.38. The van der Waals surface area contributed by atoms with E-state index in [4.69, 9.17) is 0 Å². The lowest BCUT2D eigenvalue weighted by Gasteiger charge is -2.18. The molecule has 1 atom stereocenters. The largest absolute Gasteiger partial charge is 0.314 e. The highest BCUT2D eigenvalue weighted by Gasteiger charge is 2.07. The Bertz CT molecular complexity index is 165. The standard InChI is InChI=1S/C18H39N/c1-5-7-8-9-10-11-12-13-14-18(19-6-2)16-15-17(3)4/h17-19H,5-16H2,1-4H3. The Labute approximate surface area is 122 Å². The van der Waals surface area contributed by atoms with E-state index < -0.39 is 0 Å². The Morgan fingerprint density at radius 3 is 1.79 bits per heavy atom. The van der Waals surface area contributed by atoms with E-state index in [1.54, 1.807) is 0 Å². The van der Waals surface area contributed by atoms with Crippen LogP contribution in [0.25, 0.3) is 0 Å². The molecule has 0 saturated carbocycles. The maximum atomic E-state index is 3.66. The summed E-state index contributed by atoms with van der Waals surface area (Å²) in [5.41, 5.74) is 0. The summed E-state index contributed by atoms with van der Waals surface area (Å²) in [5.74, 6) is 0.847. The summed E-state index contributed by atoms with van der Waals surface area (Å²) in [4.78, 5) is 0. The van der Waals surface area contributed by atoms with Crippen molar-refractivity contribution in [1.82, 2.24) is 5.32 Å². The zero-order valence-corrected chi connectivity index (χ0v) is 14.1. The molecule has 0 aromatic carbocycles. The van der Waals surface area contributed by atoms with E-state index in [0.717, 1.165) is 18.5 Å². The number of hydrogen-bond acceptors (Lipinski definition) is 1. The van der Waals surface area contributed by atoms with Crippen LogP contribution in [0.2, 0.25) is 0 Å². The van der Waals surface area contributed by atoms with E-state index in [0.29, 0.717) is 0 Å². The molecule has 0 aliphatic rings. The Morgan fingerprint density at radius 1 is 0.684 bits per heavy atom. The van der Waals surface area contributed by atoms with E-state index in [1.807, 2.05) is 0 Å². The van der Waals surface area contributed by atoms with Crippen LogP contribution in [0.15, 0.2) is 0 Å². The number of hydrogen-bond donors (Lipinski definition) is 1. The third-order valence-electron chi connectivity index (χ3n) is 3.99. The quantitative estimate of drug-likeness (QED) is 0.385. The second kappa shape index (κ2) is 14.4.